The van der Waals surface area contributed by atoms with E-state index in [0.29, 0.717) is 6.54 Å². The molecule has 3 aromatic rings. The van der Waals surface area contributed by atoms with Gasteiger partial charge >= 0.3 is 0 Å². The topological polar surface area (TPSA) is 63.0 Å². The van der Waals surface area contributed by atoms with Gasteiger partial charge in [-0.2, -0.15) is 15.0 Å². The number of anilines is 1. The van der Waals surface area contributed by atoms with Gasteiger partial charge in [0, 0.05) is 5.69 Å². The first kappa shape index (κ1) is 13.3. The maximum atomic E-state index is 9.12. The predicted octanol–water partition coefficient (Wildman–Crippen LogP) is 2.37. The largest absolute Gasteiger partial charge is 0.392 e. The fraction of sp³-hybridized carbons (Fsp3) is 0.125. The fourth-order valence-electron chi connectivity index (χ4n) is 2.03. The van der Waals surface area contributed by atoms with Crippen molar-refractivity contribution in [2.24, 2.45) is 0 Å². The molecule has 0 fully saturated rings. The van der Waals surface area contributed by atoms with Crippen LogP contribution in [0.3, 0.4) is 0 Å². The lowest BCUT2D eigenvalue weighted by Crippen LogP contribution is -2.03. The second-order valence-corrected chi connectivity index (χ2v) is 4.67. The van der Waals surface area contributed by atoms with Crippen molar-refractivity contribution in [2.45, 2.75) is 13.2 Å². The molecular weight excluding hydrogens is 264 g/mol. The summed E-state index contributed by atoms with van der Waals surface area (Å²) in [5, 5.41) is 21.1. The first-order valence-electron chi connectivity index (χ1n) is 6.75. The summed E-state index contributed by atoms with van der Waals surface area (Å²) < 4.78 is 0. The van der Waals surface area contributed by atoms with E-state index in [-0.39, 0.29) is 6.61 Å². The van der Waals surface area contributed by atoms with Crippen LogP contribution in [0.4, 0.5) is 5.69 Å². The first-order valence-corrected chi connectivity index (χ1v) is 6.75. The average molecular weight is 280 g/mol. The third kappa shape index (κ3) is 3.27. The van der Waals surface area contributed by atoms with Gasteiger partial charge in [-0.25, -0.2) is 0 Å². The van der Waals surface area contributed by atoms with Gasteiger partial charge in [-0.05, 0) is 29.8 Å². The van der Waals surface area contributed by atoms with Gasteiger partial charge in [0.15, 0.2) is 0 Å². The number of nitrogens with zero attached hydrogens (tertiary/aromatic N) is 3. The molecule has 0 amide bonds. The zero-order valence-corrected chi connectivity index (χ0v) is 11.5. The van der Waals surface area contributed by atoms with Crippen LogP contribution in [0.2, 0.25) is 0 Å². The van der Waals surface area contributed by atoms with Crippen molar-refractivity contribution in [2.75, 3.05) is 5.32 Å². The molecule has 0 atom stereocenters. The van der Waals surface area contributed by atoms with E-state index in [1.165, 1.54) is 0 Å². The molecule has 0 bridgehead atoms. The Morgan fingerprint density at radius 2 is 1.90 bits per heavy atom. The van der Waals surface area contributed by atoms with Crippen molar-refractivity contribution in [3.63, 3.8) is 0 Å². The lowest BCUT2D eigenvalue weighted by molar-refractivity contribution is 0.282. The minimum atomic E-state index is 0.0414. The molecule has 1 heterocycles. The molecule has 1 aromatic heterocycles. The zero-order valence-electron chi connectivity index (χ0n) is 11.5. The molecule has 21 heavy (non-hydrogen) atoms. The Balaban J connectivity index is 1.67. The van der Waals surface area contributed by atoms with E-state index in [9.17, 15) is 0 Å². The number of rotatable bonds is 5. The van der Waals surface area contributed by atoms with Crippen LogP contribution in [0.25, 0.3) is 5.69 Å². The summed E-state index contributed by atoms with van der Waals surface area (Å²) >= 11 is 0. The fourth-order valence-corrected chi connectivity index (χ4v) is 2.03. The van der Waals surface area contributed by atoms with Crippen molar-refractivity contribution in [3.05, 3.63) is 72.1 Å². The molecule has 0 aliphatic heterocycles. The van der Waals surface area contributed by atoms with Gasteiger partial charge in [0.2, 0.25) is 0 Å². The second-order valence-electron chi connectivity index (χ2n) is 4.67. The van der Waals surface area contributed by atoms with Gasteiger partial charge in [-0.15, -0.1) is 0 Å². The van der Waals surface area contributed by atoms with Crippen LogP contribution in [0.1, 0.15) is 11.3 Å². The van der Waals surface area contributed by atoms with Gasteiger partial charge in [-0.1, -0.05) is 30.3 Å². The minimum Gasteiger partial charge on any atom is -0.392 e. The lowest BCUT2D eigenvalue weighted by atomic mass is 10.2. The number of aliphatic hydroxyl groups excluding tert-OH is 1. The lowest BCUT2D eigenvalue weighted by Gasteiger charge is -2.05. The molecule has 5 nitrogen and oxygen atoms in total. The monoisotopic (exact) mass is 280 g/mol. The number of aliphatic hydroxyl groups is 1. The highest BCUT2D eigenvalue weighted by Gasteiger charge is 2.02. The van der Waals surface area contributed by atoms with Crippen molar-refractivity contribution in [1.82, 2.24) is 15.0 Å². The van der Waals surface area contributed by atoms with Gasteiger partial charge in [0.1, 0.15) is 5.69 Å². The van der Waals surface area contributed by atoms with Crippen LogP contribution in [0.5, 0.6) is 0 Å². The van der Waals surface area contributed by atoms with Crippen LogP contribution in [-0.4, -0.2) is 20.1 Å². The summed E-state index contributed by atoms with van der Waals surface area (Å²) in [6, 6.07) is 17.5. The van der Waals surface area contributed by atoms with Gasteiger partial charge < -0.3 is 10.4 Å². The number of hydrogen-bond acceptors (Lipinski definition) is 4. The van der Waals surface area contributed by atoms with Crippen molar-refractivity contribution < 1.29 is 5.11 Å². The van der Waals surface area contributed by atoms with E-state index >= 15 is 0 Å². The summed E-state index contributed by atoms with van der Waals surface area (Å²) in [6.45, 7) is 0.626. The third-order valence-electron chi connectivity index (χ3n) is 3.11. The van der Waals surface area contributed by atoms with Crippen molar-refractivity contribution in [3.8, 4) is 5.69 Å². The highest BCUT2D eigenvalue weighted by Crippen LogP contribution is 2.12. The number of para-hydroxylation sites is 1. The standard InChI is InChI=1S/C16H16N4O/c21-12-13-5-4-6-14(9-13)17-10-15-11-18-20(19-15)16-7-2-1-3-8-16/h1-9,11,17,21H,10,12H2. The number of aromatic nitrogens is 3. The summed E-state index contributed by atoms with van der Waals surface area (Å²) in [5.74, 6) is 0. The first-order chi connectivity index (χ1) is 10.3. The SMILES string of the molecule is OCc1cccc(NCc2cnn(-c3ccccc3)n2)c1. The van der Waals surface area contributed by atoms with Crippen LogP contribution in [0, 0.1) is 0 Å². The van der Waals surface area contributed by atoms with Crippen LogP contribution in [0.15, 0.2) is 60.8 Å². The maximum absolute atomic E-state index is 9.12. The quantitative estimate of drug-likeness (QED) is 0.753. The molecule has 0 aliphatic rings. The highest BCUT2D eigenvalue weighted by atomic mass is 16.3. The molecule has 2 aromatic carbocycles. The second kappa shape index (κ2) is 6.19. The Morgan fingerprint density at radius 1 is 1.05 bits per heavy atom. The van der Waals surface area contributed by atoms with Gasteiger partial charge in [0.25, 0.3) is 0 Å². The molecule has 0 saturated heterocycles. The van der Waals surface area contributed by atoms with E-state index in [2.05, 4.69) is 15.5 Å². The normalized spacial score (nSPS) is 10.5. The molecule has 106 valence electrons. The highest BCUT2D eigenvalue weighted by molar-refractivity contribution is 5.45. The summed E-state index contributed by atoms with van der Waals surface area (Å²) in [4.78, 5) is 1.61. The molecule has 0 saturated carbocycles. The maximum Gasteiger partial charge on any atom is 0.102 e. The minimum absolute atomic E-state index is 0.0414. The average Bonchev–Trinajstić information content (AvgIpc) is 3.03. The van der Waals surface area contributed by atoms with Crippen molar-refractivity contribution >= 4 is 5.69 Å². The molecular formula is C16H16N4O. The smallest absolute Gasteiger partial charge is 0.102 e. The summed E-state index contributed by atoms with van der Waals surface area (Å²) in [7, 11) is 0. The van der Waals surface area contributed by atoms with Crippen LogP contribution >= 0.6 is 0 Å². The Labute approximate surface area is 122 Å². The number of benzene rings is 2. The van der Waals surface area contributed by atoms with E-state index in [1.54, 1.807) is 11.0 Å². The molecule has 0 aliphatic carbocycles. The Morgan fingerprint density at radius 3 is 2.71 bits per heavy atom. The Kier molecular flexibility index (Phi) is 3.93. The van der Waals surface area contributed by atoms with E-state index in [4.69, 9.17) is 5.11 Å². The molecule has 0 spiro atoms. The van der Waals surface area contributed by atoms with E-state index in [0.717, 1.165) is 22.6 Å². The molecule has 2 N–H and O–H groups in total. The zero-order chi connectivity index (χ0) is 14.5. The molecule has 0 radical (unpaired) electrons. The van der Waals surface area contributed by atoms with E-state index < -0.39 is 0 Å². The number of nitrogens with one attached hydrogen (secondary N) is 1. The molecule has 5 heteroatoms. The van der Waals surface area contributed by atoms with Gasteiger partial charge in [-0.3, -0.25) is 0 Å². The summed E-state index contributed by atoms with van der Waals surface area (Å²) in [6.07, 6.45) is 1.75. The van der Waals surface area contributed by atoms with Crippen LogP contribution < -0.4 is 5.32 Å². The Bertz CT molecular complexity index is 709. The Hall–Kier alpha value is -2.66. The van der Waals surface area contributed by atoms with Crippen molar-refractivity contribution in [1.29, 1.82) is 0 Å². The third-order valence-corrected chi connectivity index (χ3v) is 3.11. The van der Waals surface area contributed by atoms with Gasteiger partial charge in [0.05, 0.1) is 25.0 Å². The predicted molar refractivity (Wildman–Crippen MR) is 81.1 cm³/mol. The summed E-state index contributed by atoms with van der Waals surface area (Å²) in [5.41, 5.74) is 3.63. The van der Waals surface area contributed by atoms with Crippen LogP contribution in [-0.2, 0) is 13.2 Å². The number of hydrogen-bond donors (Lipinski definition) is 2. The van der Waals surface area contributed by atoms with E-state index in [1.807, 2.05) is 54.6 Å². The molecule has 0 unspecified atom stereocenters. The molecule has 3 rings (SSSR count).